The van der Waals surface area contributed by atoms with Crippen LogP contribution < -0.4 is 5.32 Å². The molecule has 1 N–H and O–H groups in total. The Morgan fingerprint density at radius 3 is 2.70 bits per heavy atom. The smallest absolute Gasteiger partial charge is 0.114 e. The third-order valence-electron chi connectivity index (χ3n) is 8.96. The molecule has 160 valence electrons. The van der Waals surface area contributed by atoms with Crippen molar-refractivity contribution < 1.29 is 0 Å². The van der Waals surface area contributed by atoms with Gasteiger partial charge in [-0.3, -0.25) is 4.90 Å². The predicted molar refractivity (Wildman–Crippen MR) is 123 cm³/mol. The molecule has 4 nitrogen and oxygen atoms in total. The van der Waals surface area contributed by atoms with Gasteiger partial charge in [0.05, 0.1) is 11.0 Å². The summed E-state index contributed by atoms with van der Waals surface area (Å²) in [6.07, 6.45) is 9.05. The van der Waals surface area contributed by atoms with Crippen molar-refractivity contribution in [3.05, 3.63) is 41.7 Å². The minimum atomic E-state index is 0.544. The summed E-state index contributed by atoms with van der Waals surface area (Å²) >= 11 is 0. The monoisotopic (exact) mass is 404 g/mol. The molecule has 3 aliphatic carbocycles. The summed E-state index contributed by atoms with van der Waals surface area (Å²) in [7, 11) is 0. The number of fused-ring (bicyclic) bond motifs is 2. The van der Waals surface area contributed by atoms with E-state index >= 15 is 0 Å². The second-order valence-electron chi connectivity index (χ2n) is 10.8. The van der Waals surface area contributed by atoms with E-state index in [0.717, 1.165) is 24.9 Å². The average molecular weight is 405 g/mol. The Morgan fingerprint density at radius 1 is 1.13 bits per heavy atom. The van der Waals surface area contributed by atoms with Gasteiger partial charge >= 0.3 is 0 Å². The van der Waals surface area contributed by atoms with Gasteiger partial charge in [-0.1, -0.05) is 37.6 Å². The Balaban J connectivity index is 1.19. The molecule has 1 aromatic heterocycles. The predicted octanol–water partition coefficient (Wildman–Crippen LogP) is 4.74. The van der Waals surface area contributed by atoms with Crippen molar-refractivity contribution in [3.63, 3.8) is 0 Å². The molecule has 30 heavy (non-hydrogen) atoms. The van der Waals surface area contributed by atoms with Crippen LogP contribution in [0.4, 0.5) is 0 Å². The van der Waals surface area contributed by atoms with E-state index in [4.69, 9.17) is 4.98 Å². The van der Waals surface area contributed by atoms with Crippen LogP contribution >= 0.6 is 0 Å². The first kappa shape index (κ1) is 19.1. The molecule has 5 aliphatic rings. The summed E-state index contributed by atoms with van der Waals surface area (Å²) in [5, 5.41) is 3.54. The Bertz CT molecular complexity index is 957. The molecule has 1 saturated carbocycles. The minimum Gasteiger partial charge on any atom is -0.324 e. The van der Waals surface area contributed by atoms with Gasteiger partial charge < -0.3 is 9.88 Å². The summed E-state index contributed by atoms with van der Waals surface area (Å²) in [5.41, 5.74) is 4.81. The highest BCUT2D eigenvalue weighted by Gasteiger charge is 2.51. The van der Waals surface area contributed by atoms with E-state index in [1.54, 1.807) is 5.57 Å². The number of hydrogen-bond donors (Lipinski definition) is 1. The zero-order valence-electron chi connectivity index (χ0n) is 18.6. The number of nitrogens with one attached hydrogen (secondary N) is 1. The molecular formula is C26H36N4. The quantitative estimate of drug-likeness (QED) is 0.747. The number of benzene rings is 1. The van der Waals surface area contributed by atoms with Crippen molar-refractivity contribution >= 4 is 11.0 Å². The highest BCUT2D eigenvalue weighted by Crippen LogP contribution is 2.59. The van der Waals surface area contributed by atoms with Crippen LogP contribution in [0.5, 0.6) is 0 Å². The molecule has 2 saturated heterocycles. The number of rotatable bonds is 4. The Labute approximate surface area is 180 Å². The Morgan fingerprint density at radius 2 is 1.97 bits per heavy atom. The first-order valence-corrected chi connectivity index (χ1v) is 12.2. The maximum atomic E-state index is 5.11. The third kappa shape index (κ3) is 2.98. The fourth-order valence-corrected chi connectivity index (χ4v) is 6.86. The lowest BCUT2D eigenvalue weighted by Gasteiger charge is -2.57. The van der Waals surface area contributed by atoms with E-state index in [1.165, 1.54) is 68.6 Å². The minimum absolute atomic E-state index is 0.544. The molecular weight excluding hydrogens is 368 g/mol. The van der Waals surface area contributed by atoms with Crippen LogP contribution in [-0.2, 0) is 0 Å². The first-order valence-electron chi connectivity index (χ1n) is 12.2. The maximum absolute atomic E-state index is 5.11. The summed E-state index contributed by atoms with van der Waals surface area (Å²) in [4.78, 5) is 7.84. The average Bonchev–Trinajstić information content (AvgIpc) is 3.42. The molecule has 2 bridgehead atoms. The number of aromatic nitrogens is 2. The molecule has 3 heterocycles. The van der Waals surface area contributed by atoms with E-state index in [1.807, 2.05) is 0 Å². The fourth-order valence-electron chi connectivity index (χ4n) is 6.86. The van der Waals surface area contributed by atoms with Crippen molar-refractivity contribution in [2.24, 2.45) is 17.3 Å². The molecule has 0 spiro atoms. The van der Waals surface area contributed by atoms with E-state index in [2.05, 4.69) is 59.0 Å². The van der Waals surface area contributed by atoms with Gasteiger partial charge in [0.1, 0.15) is 5.82 Å². The number of piperidine rings is 1. The van der Waals surface area contributed by atoms with Crippen molar-refractivity contribution in [2.45, 2.75) is 57.9 Å². The molecule has 7 rings (SSSR count). The number of para-hydroxylation sites is 2. The van der Waals surface area contributed by atoms with E-state index < -0.39 is 0 Å². The normalized spacial score (nSPS) is 31.7. The summed E-state index contributed by atoms with van der Waals surface area (Å²) < 4.78 is 2.63. The van der Waals surface area contributed by atoms with E-state index in [0.29, 0.717) is 17.4 Å². The standard InChI is InChI=1S/C26H36N4/c1-26(2)20-8-7-19(22(26)15-20)17-29-13-10-21(11-14-29)30-24-6-4-3-5-23(24)28-25(30)18-9-12-27-16-18/h3-7,18,20-22,27H,8-17H2,1-2H3/t18-,20+,22+/m1/s1. The van der Waals surface area contributed by atoms with E-state index in [-0.39, 0.29) is 0 Å². The molecule has 4 heteroatoms. The highest BCUT2D eigenvalue weighted by atomic mass is 15.2. The van der Waals surface area contributed by atoms with Crippen molar-refractivity contribution in [1.82, 2.24) is 19.8 Å². The number of imidazole rings is 1. The van der Waals surface area contributed by atoms with Crippen LogP contribution in [-0.4, -0.2) is 47.2 Å². The van der Waals surface area contributed by atoms with Gasteiger partial charge in [-0.15, -0.1) is 0 Å². The lowest BCUT2D eigenvalue weighted by molar-refractivity contribution is -0.0114. The van der Waals surface area contributed by atoms with Gasteiger partial charge in [0.15, 0.2) is 0 Å². The zero-order chi connectivity index (χ0) is 20.3. The zero-order valence-corrected chi connectivity index (χ0v) is 18.6. The van der Waals surface area contributed by atoms with Crippen molar-refractivity contribution in [1.29, 1.82) is 0 Å². The van der Waals surface area contributed by atoms with Gasteiger partial charge in [-0.2, -0.15) is 0 Å². The molecule has 3 atom stereocenters. The Kier molecular flexibility index (Phi) is 4.58. The largest absolute Gasteiger partial charge is 0.324 e. The summed E-state index contributed by atoms with van der Waals surface area (Å²) in [5.74, 6) is 3.68. The number of likely N-dealkylation sites (tertiary alicyclic amines) is 1. The maximum Gasteiger partial charge on any atom is 0.114 e. The molecule has 2 aliphatic heterocycles. The Hall–Kier alpha value is -1.65. The molecule has 0 amide bonds. The summed E-state index contributed by atoms with van der Waals surface area (Å²) in [6.45, 7) is 10.8. The van der Waals surface area contributed by atoms with Crippen LogP contribution in [0.15, 0.2) is 35.9 Å². The highest BCUT2D eigenvalue weighted by molar-refractivity contribution is 5.76. The van der Waals surface area contributed by atoms with E-state index in [9.17, 15) is 0 Å². The topological polar surface area (TPSA) is 33.1 Å². The second kappa shape index (κ2) is 7.20. The number of allylic oxidation sites excluding steroid dienone is 1. The van der Waals surface area contributed by atoms with Gasteiger partial charge in [-0.25, -0.2) is 4.98 Å². The lowest BCUT2D eigenvalue weighted by atomic mass is 9.49. The summed E-state index contributed by atoms with van der Waals surface area (Å²) in [6, 6.07) is 9.37. The SMILES string of the molecule is CC1(C)[C@H]2CC=C(CN3CCC(n4c([C@@H]5CCNC5)nc5ccccc54)CC3)[C@@H]1C2. The molecule has 0 radical (unpaired) electrons. The fraction of sp³-hybridized carbons (Fsp3) is 0.654. The lowest BCUT2D eigenvalue weighted by Crippen LogP contribution is -2.50. The van der Waals surface area contributed by atoms with Crippen LogP contribution in [0, 0.1) is 17.3 Å². The van der Waals surface area contributed by atoms with Gasteiger partial charge in [-0.05, 0) is 68.0 Å². The second-order valence-corrected chi connectivity index (χ2v) is 10.8. The van der Waals surface area contributed by atoms with Crippen molar-refractivity contribution in [3.8, 4) is 0 Å². The molecule has 1 aromatic carbocycles. The van der Waals surface area contributed by atoms with Gasteiger partial charge in [0, 0.05) is 38.1 Å². The third-order valence-corrected chi connectivity index (χ3v) is 8.96. The van der Waals surface area contributed by atoms with Crippen LogP contribution in [0.3, 0.4) is 0 Å². The molecule has 3 fully saturated rings. The van der Waals surface area contributed by atoms with Crippen LogP contribution in [0.1, 0.15) is 63.7 Å². The first-order chi connectivity index (χ1) is 14.6. The number of hydrogen-bond acceptors (Lipinski definition) is 3. The molecule has 0 unspecified atom stereocenters. The van der Waals surface area contributed by atoms with Crippen molar-refractivity contribution in [2.75, 3.05) is 32.7 Å². The van der Waals surface area contributed by atoms with Gasteiger partial charge in [0.2, 0.25) is 0 Å². The van der Waals surface area contributed by atoms with Crippen LogP contribution in [0.25, 0.3) is 11.0 Å². The number of nitrogens with zero attached hydrogens (tertiary/aromatic N) is 3. The molecule has 2 aromatic rings. The van der Waals surface area contributed by atoms with Gasteiger partial charge in [0.25, 0.3) is 0 Å². The van der Waals surface area contributed by atoms with Crippen LogP contribution in [0.2, 0.25) is 0 Å².